The van der Waals surface area contributed by atoms with E-state index in [9.17, 15) is 13.2 Å². The molecule has 1 saturated carbocycles. The zero-order valence-electron chi connectivity index (χ0n) is 9.24. The predicted octanol–water partition coefficient (Wildman–Crippen LogP) is 3.64. The molecule has 0 spiro atoms. The first-order chi connectivity index (χ1) is 6.97. The van der Waals surface area contributed by atoms with Gasteiger partial charge in [0.25, 0.3) is 0 Å². The first-order valence-corrected chi connectivity index (χ1v) is 5.80. The van der Waals surface area contributed by atoms with Crippen LogP contribution in [0.4, 0.5) is 13.2 Å². The van der Waals surface area contributed by atoms with Crippen molar-refractivity contribution in [1.29, 1.82) is 0 Å². The molecular weight excluding hydrogens is 203 g/mol. The van der Waals surface area contributed by atoms with Gasteiger partial charge in [-0.15, -0.1) is 0 Å². The van der Waals surface area contributed by atoms with Crippen LogP contribution in [0.5, 0.6) is 0 Å². The molecule has 0 aromatic carbocycles. The van der Waals surface area contributed by atoms with Crippen LogP contribution in [-0.2, 0) is 0 Å². The maximum Gasteiger partial charge on any atom is 0.389 e. The molecule has 90 valence electrons. The van der Waals surface area contributed by atoms with E-state index < -0.39 is 12.6 Å². The fraction of sp³-hybridized carbons (Fsp3) is 1.00. The second-order valence-corrected chi connectivity index (χ2v) is 4.56. The van der Waals surface area contributed by atoms with Crippen molar-refractivity contribution >= 4 is 0 Å². The number of hydrogen-bond acceptors (Lipinski definition) is 1. The molecule has 1 aliphatic carbocycles. The Labute approximate surface area is 89.4 Å². The van der Waals surface area contributed by atoms with Crippen LogP contribution in [0.3, 0.4) is 0 Å². The summed E-state index contributed by atoms with van der Waals surface area (Å²) in [6, 6.07) is 0.765. The Morgan fingerprint density at radius 3 is 2.40 bits per heavy atom. The van der Waals surface area contributed by atoms with Gasteiger partial charge in [-0.25, -0.2) is 0 Å². The summed E-state index contributed by atoms with van der Waals surface area (Å²) in [6.45, 7) is 1.98. The molecule has 4 heteroatoms. The fourth-order valence-corrected chi connectivity index (χ4v) is 2.19. The third-order valence-electron chi connectivity index (χ3n) is 2.97. The van der Waals surface area contributed by atoms with Crippen LogP contribution >= 0.6 is 0 Å². The standard InChI is InChI=1S/C11H20F3N/c1-9(5-4-8-11(12,13)14)15-10-6-2-3-7-10/h9-10,15H,2-8H2,1H3. The van der Waals surface area contributed by atoms with Crippen molar-refractivity contribution in [2.45, 2.75) is 70.1 Å². The van der Waals surface area contributed by atoms with E-state index in [-0.39, 0.29) is 12.5 Å². The van der Waals surface area contributed by atoms with Crippen LogP contribution < -0.4 is 5.32 Å². The van der Waals surface area contributed by atoms with Gasteiger partial charge in [-0.3, -0.25) is 0 Å². The number of halogens is 3. The van der Waals surface area contributed by atoms with Gasteiger partial charge in [0.2, 0.25) is 0 Å². The van der Waals surface area contributed by atoms with Crippen LogP contribution in [0.2, 0.25) is 0 Å². The first kappa shape index (κ1) is 12.8. The molecule has 1 nitrogen and oxygen atoms in total. The molecule has 1 unspecified atom stereocenters. The Hall–Kier alpha value is -0.250. The van der Waals surface area contributed by atoms with Crippen LogP contribution in [-0.4, -0.2) is 18.3 Å². The summed E-state index contributed by atoms with van der Waals surface area (Å²) >= 11 is 0. The molecule has 0 aromatic heterocycles. The number of rotatable bonds is 5. The molecule has 0 aliphatic heterocycles. The Bertz CT molecular complexity index is 173. The number of hydrogen-bond donors (Lipinski definition) is 1. The van der Waals surface area contributed by atoms with Crippen molar-refractivity contribution in [3.05, 3.63) is 0 Å². The van der Waals surface area contributed by atoms with Gasteiger partial charge in [-0.2, -0.15) is 13.2 Å². The highest BCUT2D eigenvalue weighted by Crippen LogP contribution is 2.23. The first-order valence-electron chi connectivity index (χ1n) is 5.80. The second kappa shape index (κ2) is 5.73. The highest BCUT2D eigenvalue weighted by atomic mass is 19.4. The molecule has 1 atom stereocenters. The van der Waals surface area contributed by atoms with Crippen molar-refractivity contribution in [2.24, 2.45) is 0 Å². The highest BCUT2D eigenvalue weighted by Gasteiger charge is 2.26. The molecular formula is C11H20F3N. The summed E-state index contributed by atoms with van der Waals surface area (Å²) in [5.41, 5.74) is 0. The van der Waals surface area contributed by atoms with E-state index >= 15 is 0 Å². The second-order valence-electron chi connectivity index (χ2n) is 4.56. The molecule has 0 bridgehead atoms. The van der Waals surface area contributed by atoms with Crippen molar-refractivity contribution in [3.63, 3.8) is 0 Å². The van der Waals surface area contributed by atoms with E-state index in [1.54, 1.807) is 0 Å². The maximum absolute atomic E-state index is 11.9. The Morgan fingerprint density at radius 1 is 1.27 bits per heavy atom. The normalized spacial score (nSPS) is 20.8. The number of nitrogens with one attached hydrogen (secondary N) is 1. The van der Waals surface area contributed by atoms with Gasteiger partial charge in [-0.1, -0.05) is 12.8 Å². The van der Waals surface area contributed by atoms with Gasteiger partial charge in [0, 0.05) is 18.5 Å². The third-order valence-corrected chi connectivity index (χ3v) is 2.97. The zero-order chi connectivity index (χ0) is 11.3. The molecule has 1 N–H and O–H groups in total. The highest BCUT2D eigenvalue weighted by molar-refractivity contribution is 4.76. The molecule has 0 radical (unpaired) electrons. The van der Waals surface area contributed by atoms with Gasteiger partial charge >= 0.3 is 6.18 Å². The van der Waals surface area contributed by atoms with Crippen molar-refractivity contribution in [2.75, 3.05) is 0 Å². The minimum absolute atomic E-state index is 0.218. The van der Waals surface area contributed by atoms with Crippen LogP contribution in [0.25, 0.3) is 0 Å². The molecule has 1 fully saturated rings. The molecule has 0 amide bonds. The fourth-order valence-electron chi connectivity index (χ4n) is 2.19. The van der Waals surface area contributed by atoms with Gasteiger partial charge in [0.1, 0.15) is 0 Å². The summed E-state index contributed by atoms with van der Waals surface area (Å²) < 4.78 is 35.7. The average molecular weight is 223 g/mol. The van der Waals surface area contributed by atoms with E-state index in [4.69, 9.17) is 0 Å². The van der Waals surface area contributed by atoms with E-state index in [0.717, 1.165) is 0 Å². The summed E-state index contributed by atoms with van der Waals surface area (Å²) in [5.74, 6) is 0. The van der Waals surface area contributed by atoms with Crippen LogP contribution in [0.15, 0.2) is 0 Å². The van der Waals surface area contributed by atoms with Gasteiger partial charge < -0.3 is 5.32 Å². The van der Waals surface area contributed by atoms with E-state index in [2.05, 4.69) is 5.32 Å². The third kappa shape index (κ3) is 6.03. The Morgan fingerprint density at radius 2 is 1.87 bits per heavy atom. The smallest absolute Gasteiger partial charge is 0.312 e. The van der Waals surface area contributed by atoms with Gasteiger partial charge in [0.15, 0.2) is 0 Å². The van der Waals surface area contributed by atoms with Crippen molar-refractivity contribution in [1.82, 2.24) is 5.32 Å². The zero-order valence-corrected chi connectivity index (χ0v) is 9.24. The lowest BCUT2D eigenvalue weighted by molar-refractivity contribution is -0.135. The summed E-state index contributed by atoms with van der Waals surface area (Å²) in [6.07, 6.45) is 1.10. The lowest BCUT2D eigenvalue weighted by atomic mass is 10.1. The Kier molecular flexibility index (Phi) is 4.90. The van der Waals surface area contributed by atoms with Gasteiger partial charge in [0.05, 0.1) is 0 Å². The summed E-state index contributed by atoms with van der Waals surface area (Å²) in [7, 11) is 0. The van der Waals surface area contributed by atoms with E-state index in [0.29, 0.717) is 12.5 Å². The lowest BCUT2D eigenvalue weighted by Gasteiger charge is -2.19. The molecule has 0 heterocycles. The summed E-state index contributed by atoms with van der Waals surface area (Å²) in [4.78, 5) is 0. The minimum Gasteiger partial charge on any atom is -0.312 e. The molecule has 0 aromatic rings. The predicted molar refractivity (Wildman–Crippen MR) is 54.8 cm³/mol. The summed E-state index contributed by atoms with van der Waals surface area (Å²) in [5, 5.41) is 3.40. The maximum atomic E-state index is 11.9. The van der Waals surface area contributed by atoms with E-state index in [1.165, 1.54) is 25.7 Å². The lowest BCUT2D eigenvalue weighted by Crippen LogP contribution is -2.34. The van der Waals surface area contributed by atoms with Crippen LogP contribution in [0, 0.1) is 0 Å². The van der Waals surface area contributed by atoms with Gasteiger partial charge in [-0.05, 0) is 32.6 Å². The largest absolute Gasteiger partial charge is 0.389 e. The topological polar surface area (TPSA) is 12.0 Å². The van der Waals surface area contributed by atoms with Crippen LogP contribution in [0.1, 0.15) is 51.9 Å². The van der Waals surface area contributed by atoms with E-state index in [1.807, 2.05) is 6.92 Å². The molecule has 1 aliphatic rings. The average Bonchev–Trinajstić information content (AvgIpc) is 2.54. The molecule has 1 rings (SSSR count). The molecule has 0 saturated heterocycles. The minimum atomic E-state index is -3.99. The molecule has 15 heavy (non-hydrogen) atoms. The van der Waals surface area contributed by atoms with Crippen molar-refractivity contribution in [3.8, 4) is 0 Å². The SMILES string of the molecule is CC(CCCC(F)(F)F)NC1CCCC1. The van der Waals surface area contributed by atoms with Crippen molar-refractivity contribution < 1.29 is 13.2 Å². The number of alkyl halides is 3. The quantitative estimate of drug-likeness (QED) is 0.750. The monoisotopic (exact) mass is 223 g/mol. The Balaban J connectivity index is 2.05.